The predicted octanol–water partition coefficient (Wildman–Crippen LogP) is 2.80. The second-order valence-corrected chi connectivity index (χ2v) is 6.76. The molecule has 1 amide bonds. The van der Waals surface area contributed by atoms with Crippen molar-refractivity contribution in [2.75, 3.05) is 21.3 Å². The van der Waals surface area contributed by atoms with E-state index in [0.717, 1.165) is 0 Å². The molecule has 0 spiro atoms. The number of carbonyl (C=O) groups is 1. The lowest BCUT2D eigenvalue weighted by Gasteiger charge is -2.27. The number of hydrogen-bond donors (Lipinski definition) is 3. The minimum atomic E-state index is -2.05. The van der Waals surface area contributed by atoms with Gasteiger partial charge in [0.1, 0.15) is 11.5 Å². The van der Waals surface area contributed by atoms with Crippen LogP contribution in [-0.2, 0) is 10.4 Å². The van der Waals surface area contributed by atoms with Gasteiger partial charge in [0, 0.05) is 5.56 Å². The number of phenolic OH excluding ortho intramolecular Hbond substituents is 1. The average Bonchev–Trinajstić information content (AvgIpc) is 2.84. The van der Waals surface area contributed by atoms with E-state index in [9.17, 15) is 15.0 Å². The van der Waals surface area contributed by atoms with E-state index in [0.29, 0.717) is 28.2 Å². The molecule has 3 rings (SSSR count). The van der Waals surface area contributed by atoms with Crippen LogP contribution in [0.3, 0.4) is 0 Å². The van der Waals surface area contributed by atoms with Crippen LogP contribution in [0.25, 0.3) is 0 Å². The molecule has 0 fully saturated rings. The predicted molar refractivity (Wildman–Crippen MR) is 119 cm³/mol. The zero-order chi connectivity index (χ0) is 23.1. The number of carbonyl (C=O) groups excluding carboxylic acids is 1. The van der Waals surface area contributed by atoms with Crippen LogP contribution < -0.4 is 19.6 Å². The van der Waals surface area contributed by atoms with Crippen molar-refractivity contribution in [3.63, 3.8) is 0 Å². The second kappa shape index (κ2) is 9.84. The Bertz CT molecular complexity index is 1050. The number of amides is 1. The summed E-state index contributed by atoms with van der Waals surface area (Å²) in [4.78, 5) is 13.1. The second-order valence-electron chi connectivity index (χ2n) is 6.76. The van der Waals surface area contributed by atoms with E-state index in [-0.39, 0.29) is 11.5 Å². The molecule has 0 bridgehead atoms. The van der Waals surface area contributed by atoms with Crippen molar-refractivity contribution in [3.8, 4) is 23.0 Å². The highest BCUT2D eigenvalue weighted by Crippen LogP contribution is 2.32. The van der Waals surface area contributed by atoms with Crippen molar-refractivity contribution in [3.05, 3.63) is 83.4 Å². The van der Waals surface area contributed by atoms with E-state index >= 15 is 0 Å². The summed E-state index contributed by atoms with van der Waals surface area (Å²) in [7, 11) is 4.49. The maximum Gasteiger partial charge on any atom is 0.281 e. The van der Waals surface area contributed by atoms with Crippen molar-refractivity contribution >= 4 is 12.1 Å². The third-order valence-electron chi connectivity index (χ3n) is 4.96. The molecule has 0 saturated carbocycles. The molecule has 0 radical (unpaired) electrons. The van der Waals surface area contributed by atoms with Crippen molar-refractivity contribution in [1.29, 1.82) is 0 Å². The fraction of sp³-hybridized carbons (Fsp3) is 0.167. The number of nitrogens with zero attached hydrogens (tertiary/aromatic N) is 1. The molecular weight excluding hydrogens is 412 g/mol. The van der Waals surface area contributed by atoms with E-state index in [1.54, 1.807) is 66.7 Å². The molecule has 3 aromatic carbocycles. The molecule has 0 aromatic heterocycles. The van der Waals surface area contributed by atoms with E-state index in [1.807, 2.05) is 0 Å². The van der Waals surface area contributed by atoms with Gasteiger partial charge in [0.25, 0.3) is 5.91 Å². The Hall–Kier alpha value is -4.04. The van der Waals surface area contributed by atoms with Gasteiger partial charge >= 0.3 is 0 Å². The summed E-state index contributed by atoms with van der Waals surface area (Å²) in [5, 5.41) is 25.6. The summed E-state index contributed by atoms with van der Waals surface area (Å²) in [5.41, 5.74) is 1.28. The zero-order valence-corrected chi connectivity index (χ0v) is 17.9. The Morgan fingerprint density at radius 2 is 1.41 bits per heavy atom. The molecule has 0 saturated heterocycles. The van der Waals surface area contributed by atoms with Gasteiger partial charge in [-0.2, -0.15) is 5.10 Å². The van der Waals surface area contributed by atoms with Gasteiger partial charge in [-0.1, -0.05) is 30.3 Å². The summed E-state index contributed by atoms with van der Waals surface area (Å²) in [5.74, 6) is 0.531. The Labute approximate surface area is 185 Å². The normalized spacial score (nSPS) is 11.2. The lowest BCUT2D eigenvalue weighted by molar-refractivity contribution is -0.136. The first-order valence-corrected chi connectivity index (χ1v) is 9.65. The van der Waals surface area contributed by atoms with Gasteiger partial charge in [0.05, 0.1) is 27.5 Å². The van der Waals surface area contributed by atoms with Crippen molar-refractivity contribution in [2.45, 2.75) is 5.60 Å². The number of methoxy groups -OCH3 is 3. The van der Waals surface area contributed by atoms with Gasteiger partial charge < -0.3 is 24.4 Å². The van der Waals surface area contributed by atoms with Crippen molar-refractivity contribution < 1.29 is 29.2 Å². The van der Waals surface area contributed by atoms with E-state index in [2.05, 4.69) is 10.5 Å². The van der Waals surface area contributed by atoms with Gasteiger partial charge in [0.15, 0.2) is 17.1 Å². The SMILES string of the molecule is COc1ccc(C(O)(C(=O)NN=Cc2cccc(OC)c2O)c2ccc(OC)cc2)cc1. The highest BCUT2D eigenvalue weighted by Gasteiger charge is 2.40. The van der Waals surface area contributed by atoms with E-state index < -0.39 is 11.5 Å². The van der Waals surface area contributed by atoms with E-state index in [1.165, 1.54) is 27.5 Å². The Balaban J connectivity index is 1.94. The van der Waals surface area contributed by atoms with Gasteiger partial charge in [0.2, 0.25) is 0 Å². The molecule has 32 heavy (non-hydrogen) atoms. The molecule has 0 heterocycles. The average molecular weight is 436 g/mol. The number of hydrazone groups is 1. The summed E-state index contributed by atoms with van der Waals surface area (Å²) in [6.07, 6.45) is 1.26. The topological polar surface area (TPSA) is 110 Å². The van der Waals surface area contributed by atoms with Crippen LogP contribution in [0.2, 0.25) is 0 Å². The molecule has 0 atom stereocenters. The molecule has 0 aliphatic rings. The molecule has 0 aliphatic heterocycles. The standard InChI is InChI=1S/C24H24N2O6/c1-30-19-11-7-17(8-12-19)24(29,18-9-13-20(31-2)14-10-18)23(28)26-25-15-16-5-4-6-21(32-3)22(16)27/h4-15,27,29H,1-3H3,(H,26,28). The minimum Gasteiger partial charge on any atom is -0.504 e. The maximum absolute atomic E-state index is 13.1. The fourth-order valence-corrected chi connectivity index (χ4v) is 3.14. The molecule has 8 heteroatoms. The van der Waals surface area contributed by atoms with Crippen molar-refractivity contribution in [1.82, 2.24) is 5.43 Å². The first-order chi connectivity index (χ1) is 15.4. The molecular formula is C24H24N2O6. The van der Waals surface area contributed by atoms with Crippen molar-refractivity contribution in [2.24, 2.45) is 5.10 Å². The number of aliphatic hydroxyl groups is 1. The highest BCUT2D eigenvalue weighted by molar-refractivity contribution is 5.92. The first kappa shape index (κ1) is 22.6. The molecule has 166 valence electrons. The number of aromatic hydroxyl groups is 1. The molecule has 8 nitrogen and oxygen atoms in total. The smallest absolute Gasteiger partial charge is 0.281 e. The number of phenols is 1. The Kier molecular flexibility index (Phi) is 6.97. The molecule has 3 aromatic rings. The van der Waals surface area contributed by atoms with Crippen LogP contribution in [-0.4, -0.2) is 43.7 Å². The van der Waals surface area contributed by atoms with Gasteiger partial charge in [-0.3, -0.25) is 4.79 Å². The van der Waals surface area contributed by atoms with Crippen LogP contribution in [0.5, 0.6) is 23.0 Å². The Morgan fingerprint density at radius 3 is 1.88 bits per heavy atom. The van der Waals surface area contributed by atoms with Crippen LogP contribution >= 0.6 is 0 Å². The molecule has 3 N–H and O–H groups in total. The molecule has 0 unspecified atom stereocenters. The number of hydrogen-bond acceptors (Lipinski definition) is 7. The zero-order valence-electron chi connectivity index (χ0n) is 17.9. The van der Waals surface area contributed by atoms with Gasteiger partial charge in [-0.25, -0.2) is 5.43 Å². The highest BCUT2D eigenvalue weighted by atomic mass is 16.5. The largest absolute Gasteiger partial charge is 0.504 e. The number of para-hydroxylation sites is 1. The number of benzene rings is 3. The summed E-state index contributed by atoms with van der Waals surface area (Å²) in [6.45, 7) is 0. The lowest BCUT2D eigenvalue weighted by atomic mass is 9.85. The minimum absolute atomic E-state index is 0.117. The third-order valence-corrected chi connectivity index (χ3v) is 4.96. The van der Waals surface area contributed by atoms with Crippen LogP contribution in [0.4, 0.5) is 0 Å². The van der Waals surface area contributed by atoms with Gasteiger partial charge in [-0.05, 0) is 47.5 Å². The van der Waals surface area contributed by atoms with Gasteiger partial charge in [-0.15, -0.1) is 0 Å². The monoisotopic (exact) mass is 436 g/mol. The first-order valence-electron chi connectivity index (χ1n) is 9.65. The summed E-state index contributed by atoms with van der Waals surface area (Å²) in [6, 6.07) is 17.9. The third kappa shape index (κ3) is 4.50. The quantitative estimate of drug-likeness (QED) is 0.370. The molecule has 0 aliphatic carbocycles. The summed E-state index contributed by atoms with van der Waals surface area (Å²) >= 11 is 0. The Morgan fingerprint density at radius 1 is 0.875 bits per heavy atom. The van der Waals surface area contributed by atoms with Crippen LogP contribution in [0.15, 0.2) is 71.8 Å². The van der Waals surface area contributed by atoms with Crippen LogP contribution in [0.1, 0.15) is 16.7 Å². The lowest BCUT2D eigenvalue weighted by Crippen LogP contribution is -2.43. The van der Waals surface area contributed by atoms with E-state index in [4.69, 9.17) is 14.2 Å². The van der Waals surface area contributed by atoms with Crippen LogP contribution in [0, 0.1) is 0 Å². The number of rotatable bonds is 8. The number of ether oxygens (including phenoxy) is 3. The maximum atomic E-state index is 13.1. The summed E-state index contributed by atoms with van der Waals surface area (Å²) < 4.78 is 15.4. The number of nitrogens with one attached hydrogen (secondary N) is 1. The fourth-order valence-electron chi connectivity index (χ4n) is 3.14.